The van der Waals surface area contributed by atoms with Crippen LogP contribution in [-0.2, 0) is 9.84 Å². The second kappa shape index (κ2) is 9.46. The van der Waals surface area contributed by atoms with E-state index in [2.05, 4.69) is 0 Å². The van der Waals surface area contributed by atoms with Crippen LogP contribution < -0.4 is 15.0 Å². The van der Waals surface area contributed by atoms with Crippen molar-refractivity contribution in [3.63, 3.8) is 0 Å². The lowest BCUT2D eigenvalue weighted by Crippen LogP contribution is -2.50. The first-order valence-corrected chi connectivity index (χ1v) is 13.8. The van der Waals surface area contributed by atoms with E-state index in [1.807, 2.05) is 24.0 Å². The number of pyridine rings is 1. The van der Waals surface area contributed by atoms with Gasteiger partial charge in [-0.1, -0.05) is 17.7 Å². The van der Waals surface area contributed by atoms with Crippen molar-refractivity contribution in [2.45, 2.75) is 55.7 Å². The molecule has 188 valence electrons. The van der Waals surface area contributed by atoms with E-state index in [4.69, 9.17) is 9.47 Å². The number of amides is 1. The summed E-state index contributed by atoms with van der Waals surface area (Å²) < 4.78 is 36.5. The number of hydrogen-bond acceptors (Lipinski definition) is 6. The molecule has 0 aliphatic carbocycles. The molecule has 2 saturated heterocycles. The number of aromatic nitrogens is 1. The molecule has 2 atom stereocenters. The van der Waals surface area contributed by atoms with Crippen LogP contribution in [0.4, 0.5) is 4.79 Å². The molecule has 0 N–H and O–H groups in total. The number of benzene rings is 2. The highest BCUT2D eigenvalue weighted by Gasteiger charge is 2.45. The van der Waals surface area contributed by atoms with Gasteiger partial charge in [-0.25, -0.2) is 13.2 Å². The number of nitrogens with zero attached hydrogens (tertiary/aromatic N) is 2. The number of hydrogen-bond donors (Lipinski definition) is 0. The minimum absolute atomic E-state index is 0.0421. The van der Waals surface area contributed by atoms with Gasteiger partial charge in [0.05, 0.1) is 4.90 Å². The van der Waals surface area contributed by atoms with E-state index in [0.717, 1.165) is 24.7 Å². The van der Waals surface area contributed by atoms with E-state index in [1.165, 1.54) is 22.8 Å². The van der Waals surface area contributed by atoms with Gasteiger partial charge in [0, 0.05) is 49.1 Å². The van der Waals surface area contributed by atoms with Gasteiger partial charge in [0.25, 0.3) is 5.56 Å². The van der Waals surface area contributed by atoms with E-state index in [1.54, 1.807) is 36.5 Å². The number of piperidine rings is 1. The first-order valence-electron chi connectivity index (χ1n) is 11.9. The summed E-state index contributed by atoms with van der Waals surface area (Å²) in [6, 6.07) is 16.8. The summed E-state index contributed by atoms with van der Waals surface area (Å²) >= 11 is 0. The number of aryl methyl sites for hydroxylation is 1. The molecular formula is C27H28N2O6S. The molecule has 8 nitrogen and oxygen atoms in total. The topological polar surface area (TPSA) is 94.9 Å². The highest BCUT2D eigenvalue weighted by molar-refractivity contribution is 7.90. The van der Waals surface area contributed by atoms with Gasteiger partial charge < -0.3 is 14.4 Å². The summed E-state index contributed by atoms with van der Waals surface area (Å²) in [6.07, 6.45) is 5.49. The van der Waals surface area contributed by atoms with Crippen molar-refractivity contribution in [2.75, 3.05) is 6.26 Å². The summed E-state index contributed by atoms with van der Waals surface area (Å²) in [5, 5.41) is 0. The molecule has 0 unspecified atom stereocenters. The molecule has 0 spiro atoms. The van der Waals surface area contributed by atoms with Crippen molar-refractivity contribution in [3.8, 4) is 17.2 Å². The molecule has 0 saturated carbocycles. The summed E-state index contributed by atoms with van der Waals surface area (Å²) in [4.78, 5) is 27.6. The number of fused-ring (bicyclic) bond motifs is 2. The first kappa shape index (κ1) is 24.1. The minimum Gasteiger partial charge on any atom is -0.490 e. The molecule has 1 aromatic heterocycles. The molecule has 2 aromatic carbocycles. The van der Waals surface area contributed by atoms with Crippen LogP contribution in [-0.4, -0.2) is 48.4 Å². The molecule has 3 heterocycles. The quantitative estimate of drug-likeness (QED) is 0.515. The Kier molecular flexibility index (Phi) is 6.34. The van der Waals surface area contributed by atoms with Crippen molar-refractivity contribution in [2.24, 2.45) is 0 Å². The van der Waals surface area contributed by atoms with Crippen LogP contribution in [0.25, 0.3) is 5.69 Å². The van der Waals surface area contributed by atoms with E-state index in [0.29, 0.717) is 30.0 Å². The molecule has 5 rings (SSSR count). The standard InChI is InChI=1S/C27H28N2O6S/c1-18-3-9-22(10-4-18)35-27(31)29-20-5-6-21(29)16-24(15-20)34-23-13-14-28(26(30)17-23)19-7-11-25(12-8-19)36(2,32)33/h3-4,7-14,17,20-21,24H,5-6,15-16H2,1-2H3/t20-,21-/m1/s1. The third-order valence-electron chi connectivity index (χ3n) is 6.86. The zero-order valence-corrected chi connectivity index (χ0v) is 21.0. The Bertz CT molecular complexity index is 1420. The fourth-order valence-electron chi connectivity index (χ4n) is 5.08. The third-order valence-corrected chi connectivity index (χ3v) is 7.99. The van der Waals surface area contributed by atoms with Crippen LogP contribution in [0, 0.1) is 6.92 Å². The lowest BCUT2D eigenvalue weighted by Gasteiger charge is -2.38. The molecule has 9 heteroatoms. The molecule has 36 heavy (non-hydrogen) atoms. The van der Waals surface area contributed by atoms with Gasteiger partial charge in [0.15, 0.2) is 9.84 Å². The van der Waals surface area contributed by atoms with Gasteiger partial charge in [-0.15, -0.1) is 0 Å². The predicted molar refractivity (Wildman–Crippen MR) is 135 cm³/mol. The minimum atomic E-state index is -3.31. The van der Waals surface area contributed by atoms with Crippen LogP contribution in [0.3, 0.4) is 0 Å². The molecule has 2 fully saturated rings. The van der Waals surface area contributed by atoms with Crippen molar-refractivity contribution in [3.05, 3.63) is 82.8 Å². The van der Waals surface area contributed by atoms with E-state index in [-0.39, 0.29) is 34.7 Å². The molecular weight excluding hydrogens is 480 g/mol. The predicted octanol–water partition coefficient (Wildman–Crippen LogP) is 4.12. The van der Waals surface area contributed by atoms with Gasteiger partial charge in [0.2, 0.25) is 0 Å². The van der Waals surface area contributed by atoms with Gasteiger partial charge in [-0.2, -0.15) is 0 Å². The van der Waals surface area contributed by atoms with Crippen LogP contribution in [0.2, 0.25) is 0 Å². The molecule has 3 aromatic rings. The zero-order chi connectivity index (χ0) is 25.4. The lowest BCUT2D eigenvalue weighted by molar-refractivity contribution is 0.0526. The second-order valence-electron chi connectivity index (χ2n) is 9.52. The van der Waals surface area contributed by atoms with Crippen LogP contribution >= 0.6 is 0 Å². The maximum absolute atomic E-state index is 12.9. The van der Waals surface area contributed by atoms with Crippen molar-refractivity contribution < 1.29 is 22.7 Å². The highest BCUT2D eigenvalue weighted by atomic mass is 32.2. The summed E-state index contributed by atoms with van der Waals surface area (Å²) in [6.45, 7) is 1.98. The number of carbonyl (C=O) groups excluding carboxylic acids is 1. The number of ether oxygens (including phenoxy) is 2. The summed E-state index contributed by atoms with van der Waals surface area (Å²) in [5.74, 6) is 1.01. The number of sulfone groups is 1. The van der Waals surface area contributed by atoms with Crippen molar-refractivity contribution >= 4 is 15.9 Å². The van der Waals surface area contributed by atoms with E-state index >= 15 is 0 Å². The largest absolute Gasteiger partial charge is 0.490 e. The number of carbonyl (C=O) groups is 1. The van der Waals surface area contributed by atoms with Gasteiger partial charge in [0.1, 0.15) is 17.6 Å². The lowest BCUT2D eigenvalue weighted by atomic mass is 10.0. The second-order valence-corrected chi connectivity index (χ2v) is 11.5. The Morgan fingerprint density at radius 2 is 1.56 bits per heavy atom. The van der Waals surface area contributed by atoms with Crippen LogP contribution in [0.1, 0.15) is 31.2 Å². The SMILES string of the molecule is Cc1ccc(OC(=O)N2[C@@H]3CC[C@@H]2CC(Oc2ccn(-c4ccc(S(C)(=O)=O)cc4)c(=O)c2)C3)cc1. The third kappa shape index (κ3) is 5.02. The van der Waals surface area contributed by atoms with Crippen LogP contribution in [0.5, 0.6) is 11.5 Å². The average Bonchev–Trinajstić information content (AvgIpc) is 3.11. The van der Waals surface area contributed by atoms with Crippen LogP contribution in [0.15, 0.2) is 76.6 Å². The summed E-state index contributed by atoms with van der Waals surface area (Å²) in [7, 11) is -3.31. The molecule has 2 aliphatic heterocycles. The fraction of sp³-hybridized carbons (Fsp3) is 0.333. The summed E-state index contributed by atoms with van der Waals surface area (Å²) in [5.41, 5.74) is 1.39. The molecule has 2 aliphatic rings. The Morgan fingerprint density at radius 3 is 2.14 bits per heavy atom. The average molecular weight is 509 g/mol. The van der Waals surface area contributed by atoms with Crippen molar-refractivity contribution in [1.82, 2.24) is 9.47 Å². The van der Waals surface area contributed by atoms with E-state index < -0.39 is 9.84 Å². The Labute approximate surface area is 210 Å². The fourth-order valence-corrected chi connectivity index (χ4v) is 5.71. The first-order chi connectivity index (χ1) is 17.2. The Balaban J connectivity index is 1.23. The monoisotopic (exact) mass is 508 g/mol. The zero-order valence-electron chi connectivity index (χ0n) is 20.2. The Hall–Kier alpha value is -3.59. The number of rotatable bonds is 5. The molecule has 0 radical (unpaired) electrons. The van der Waals surface area contributed by atoms with Crippen molar-refractivity contribution in [1.29, 1.82) is 0 Å². The van der Waals surface area contributed by atoms with E-state index in [9.17, 15) is 18.0 Å². The maximum Gasteiger partial charge on any atom is 0.415 e. The molecule has 1 amide bonds. The van der Waals surface area contributed by atoms with Gasteiger partial charge in [-0.3, -0.25) is 9.36 Å². The van der Waals surface area contributed by atoms with Gasteiger partial charge in [-0.05, 0) is 62.2 Å². The maximum atomic E-state index is 12.9. The smallest absolute Gasteiger partial charge is 0.415 e. The normalized spacial score (nSPS) is 21.3. The Morgan fingerprint density at radius 1 is 0.917 bits per heavy atom. The van der Waals surface area contributed by atoms with Gasteiger partial charge >= 0.3 is 6.09 Å². The molecule has 2 bridgehead atoms. The highest BCUT2D eigenvalue weighted by Crippen LogP contribution is 2.38.